The Morgan fingerprint density at radius 1 is 1.00 bits per heavy atom. The Morgan fingerprint density at radius 3 is 2.48 bits per heavy atom. The van der Waals surface area contributed by atoms with E-state index in [9.17, 15) is 4.79 Å². The van der Waals surface area contributed by atoms with Gasteiger partial charge in [0.1, 0.15) is 11.6 Å². The second-order valence-electron chi connectivity index (χ2n) is 8.51. The Bertz CT molecular complexity index is 665. The molecule has 3 fully saturated rings. The molecule has 3 saturated heterocycles. The number of anilines is 1. The highest BCUT2D eigenvalue weighted by Crippen LogP contribution is 2.28. The number of aryl methyl sites for hydroxylation is 2. The fraction of sp³-hybridized carbons (Fsp3) is 0.762. The molecule has 1 amide bonds. The summed E-state index contributed by atoms with van der Waals surface area (Å²) in [5.41, 5.74) is 1.16. The molecule has 0 saturated carbocycles. The number of carbonyl (C=O) groups excluding carboxylic acids is 1. The van der Waals surface area contributed by atoms with Gasteiger partial charge in [0.15, 0.2) is 0 Å². The lowest BCUT2D eigenvalue weighted by atomic mass is 9.93. The van der Waals surface area contributed by atoms with E-state index in [1.807, 2.05) is 13.1 Å². The maximum atomic E-state index is 12.8. The van der Waals surface area contributed by atoms with Crippen LogP contribution < -0.4 is 4.90 Å². The van der Waals surface area contributed by atoms with Crippen molar-refractivity contribution in [2.75, 3.05) is 44.2 Å². The van der Waals surface area contributed by atoms with Gasteiger partial charge >= 0.3 is 0 Å². The number of likely N-dealkylation sites (tertiary alicyclic amines) is 2. The van der Waals surface area contributed by atoms with Crippen molar-refractivity contribution in [2.24, 2.45) is 5.92 Å². The number of nitrogens with zero attached hydrogens (tertiary/aromatic N) is 5. The third-order valence-electron chi connectivity index (χ3n) is 6.57. The van der Waals surface area contributed by atoms with Crippen LogP contribution in [0.2, 0.25) is 0 Å². The molecule has 1 aromatic rings. The molecule has 4 rings (SSSR count). The van der Waals surface area contributed by atoms with Crippen LogP contribution in [0.3, 0.4) is 0 Å². The monoisotopic (exact) mass is 371 g/mol. The van der Waals surface area contributed by atoms with E-state index < -0.39 is 0 Å². The zero-order valence-electron chi connectivity index (χ0n) is 16.9. The van der Waals surface area contributed by atoms with Crippen LogP contribution in [-0.4, -0.2) is 71.0 Å². The van der Waals surface area contributed by atoms with Gasteiger partial charge in [-0.05, 0) is 58.9 Å². The zero-order valence-corrected chi connectivity index (χ0v) is 16.9. The maximum absolute atomic E-state index is 12.8. The first-order valence-electron chi connectivity index (χ1n) is 10.7. The molecular weight excluding hydrogens is 338 g/mol. The molecule has 6 nitrogen and oxygen atoms in total. The summed E-state index contributed by atoms with van der Waals surface area (Å²) in [7, 11) is 0. The molecule has 148 valence electrons. The highest BCUT2D eigenvalue weighted by molar-refractivity contribution is 5.79. The first-order valence-corrected chi connectivity index (χ1v) is 10.7. The van der Waals surface area contributed by atoms with Crippen LogP contribution in [0.4, 0.5) is 5.82 Å². The molecule has 6 heteroatoms. The first-order chi connectivity index (χ1) is 13.1. The molecule has 27 heavy (non-hydrogen) atoms. The number of aromatic nitrogens is 2. The molecule has 4 heterocycles. The molecule has 0 spiro atoms. The smallest absolute Gasteiger partial charge is 0.226 e. The SMILES string of the molecule is Cc1ncc(C)c(N2CCC(N3CCC[C@H](C(=O)N4CCCC4)C3)CC2)n1. The van der Waals surface area contributed by atoms with Gasteiger partial charge in [-0.1, -0.05) is 0 Å². The number of carbonyl (C=O) groups is 1. The van der Waals surface area contributed by atoms with Crippen LogP contribution >= 0.6 is 0 Å². The molecular formula is C21H33N5O. The summed E-state index contributed by atoms with van der Waals surface area (Å²) in [4.78, 5) is 28.9. The number of hydrogen-bond donors (Lipinski definition) is 0. The van der Waals surface area contributed by atoms with Gasteiger partial charge in [-0.25, -0.2) is 9.97 Å². The fourth-order valence-electron chi connectivity index (χ4n) is 5.02. The first kappa shape index (κ1) is 18.7. The van der Waals surface area contributed by atoms with Crippen molar-refractivity contribution in [1.82, 2.24) is 19.8 Å². The van der Waals surface area contributed by atoms with Crippen molar-refractivity contribution >= 4 is 11.7 Å². The maximum Gasteiger partial charge on any atom is 0.226 e. The summed E-state index contributed by atoms with van der Waals surface area (Å²) in [6.45, 7) is 10.2. The van der Waals surface area contributed by atoms with Crippen LogP contribution in [0, 0.1) is 19.8 Å². The second kappa shape index (κ2) is 8.13. The Labute approximate surface area is 162 Å². The van der Waals surface area contributed by atoms with Crippen molar-refractivity contribution in [2.45, 2.75) is 58.4 Å². The molecule has 3 aliphatic heterocycles. The quantitative estimate of drug-likeness (QED) is 0.817. The molecule has 0 aromatic carbocycles. The average molecular weight is 372 g/mol. The number of rotatable bonds is 3. The standard InChI is InChI=1S/C21H33N5O/c1-16-14-22-17(2)23-20(16)24-12-7-19(8-13-24)26-11-5-6-18(15-26)21(27)25-9-3-4-10-25/h14,18-19H,3-13,15H2,1-2H3/t18-/m0/s1. The third-order valence-corrected chi connectivity index (χ3v) is 6.57. The fourth-order valence-corrected chi connectivity index (χ4v) is 5.02. The van der Waals surface area contributed by atoms with E-state index in [2.05, 4.69) is 31.6 Å². The van der Waals surface area contributed by atoms with E-state index in [4.69, 9.17) is 0 Å². The molecule has 0 radical (unpaired) electrons. The summed E-state index contributed by atoms with van der Waals surface area (Å²) < 4.78 is 0. The van der Waals surface area contributed by atoms with E-state index >= 15 is 0 Å². The number of amides is 1. The van der Waals surface area contributed by atoms with Gasteiger partial charge in [0.05, 0.1) is 5.92 Å². The lowest BCUT2D eigenvalue weighted by Crippen LogP contribution is -2.51. The zero-order chi connectivity index (χ0) is 18.8. The number of hydrogen-bond acceptors (Lipinski definition) is 5. The van der Waals surface area contributed by atoms with Crippen LogP contribution in [0.15, 0.2) is 6.20 Å². The summed E-state index contributed by atoms with van der Waals surface area (Å²) >= 11 is 0. The van der Waals surface area contributed by atoms with Crippen molar-refractivity contribution < 1.29 is 4.79 Å². The number of piperidine rings is 2. The minimum atomic E-state index is 0.224. The van der Waals surface area contributed by atoms with E-state index in [0.29, 0.717) is 11.9 Å². The summed E-state index contributed by atoms with van der Waals surface area (Å²) in [6, 6.07) is 0.610. The van der Waals surface area contributed by atoms with Crippen molar-refractivity contribution in [3.05, 3.63) is 17.6 Å². The topological polar surface area (TPSA) is 52.6 Å². The second-order valence-corrected chi connectivity index (χ2v) is 8.51. The van der Waals surface area contributed by atoms with E-state index in [-0.39, 0.29) is 5.92 Å². The van der Waals surface area contributed by atoms with E-state index in [1.165, 1.54) is 12.8 Å². The van der Waals surface area contributed by atoms with Gasteiger partial charge in [0, 0.05) is 50.5 Å². The van der Waals surface area contributed by atoms with Gasteiger partial charge in [-0.2, -0.15) is 0 Å². The van der Waals surface area contributed by atoms with Crippen LogP contribution in [0.5, 0.6) is 0 Å². The van der Waals surface area contributed by atoms with Gasteiger partial charge < -0.3 is 9.80 Å². The van der Waals surface area contributed by atoms with Crippen LogP contribution in [0.25, 0.3) is 0 Å². The van der Waals surface area contributed by atoms with E-state index in [1.54, 1.807) is 0 Å². The molecule has 0 aliphatic carbocycles. The lowest BCUT2D eigenvalue weighted by molar-refractivity contribution is -0.136. The molecule has 0 bridgehead atoms. The highest BCUT2D eigenvalue weighted by Gasteiger charge is 2.34. The highest BCUT2D eigenvalue weighted by atomic mass is 16.2. The Balaban J connectivity index is 1.33. The predicted molar refractivity (Wildman–Crippen MR) is 107 cm³/mol. The summed E-state index contributed by atoms with van der Waals surface area (Å²) in [5, 5.41) is 0. The van der Waals surface area contributed by atoms with Crippen molar-refractivity contribution in [3.8, 4) is 0 Å². The van der Waals surface area contributed by atoms with Gasteiger partial charge in [0.2, 0.25) is 5.91 Å². The Hall–Kier alpha value is -1.69. The van der Waals surface area contributed by atoms with Gasteiger partial charge in [-0.3, -0.25) is 9.69 Å². The lowest BCUT2D eigenvalue weighted by Gasteiger charge is -2.43. The summed E-state index contributed by atoms with van der Waals surface area (Å²) in [5.74, 6) is 2.59. The molecule has 3 aliphatic rings. The third kappa shape index (κ3) is 4.10. The Morgan fingerprint density at radius 2 is 1.74 bits per heavy atom. The van der Waals surface area contributed by atoms with Crippen molar-refractivity contribution in [3.63, 3.8) is 0 Å². The van der Waals surface area contributed by atoms with Crippen molar-refractivity contribution in [1.29, 1.82) is 0 Å². The summed E-state index contributed by atoms with van der Waals surface area (Å²) in [6.07, 6.45) is 8.85. The Kier molecular flexibility index (Phi) is 5.62. The molecule has 0 N–H and O–H groups in total. The van der Waals surface area contributed by atoms with Crippen LogP contribution in [-0.2, 0) is 4.79 Å². The van der Waals surface area contributed by atoms with Crippen LogP contribution in [0.1, 0.15) is 49.9 Å². The average Bonchev–Trinajstić information content (AvgIpc) is 3.24. The van der Waals surface area contributed by atoms with E-state index in [0.717, 1.165) is 82.2 Å². The van der Waals surface area contributed by atoms with Gasteiger partial charge in [-0.15, -0.1) is 0 Å². The minimum absolute atomic E-state index is 0.224. The normalized spacial score (nSPS) is 25.2. The molecule has 0 unspecified atom stereocenters. The van der Waals surface area contributed by atoms with Gasteiger partial charge in [0.25, 0.3) is 0 Å². The minimum Gasteiger partial charge on any atom is -0.356 e. The molecule has 1 atom stereocenters. The molecule has 1 aromatic heterocycles. The predicted octanol–water partition coefficient (Wildman–Crippen LogP) is 2.40. The largest absolute Gasteiger partial charge is 0.356 e.